The molecule has 0 saturated heterocycles. The molecule has 0 aliphatic rings. The second-order valence-electron chi connectivity index (χ2n) is 4.14. The van der Waals surface area contributed by atoms with Crippen LogP contribution in [0.15, 0.2) is 12.1 Å². The van der Waals surface area contributed by atoms with E-state index in [9.17, 15) is 0 Å². The van der Waals surface area contributed by atoms with Gasteiger partial charge in [0.25, 0.3) is 0 Å². The van der Waals surface area contributed by atoms with Crippen LogP contribution in [0.25, 0.3) is 0 Å². The SMILES string of the molecule is Cc1cc(C)c(OC(C)CCO)cc1C. The van der Waals surface area contributed by atoms with Crippen LogP contribution in [0.5, 0.6) is 5.75 Å². The van der Waals surface area contributed by atoms with E-state index in [1.165, 1.54) is 11.1 Å². The van der Waals surface area contributed by atoms with Gasteiger partial charge in [-0.15, -0.1) is 0 Å². The number of aliphatic hydroxyl groups is 1. The zero-order chi connectivity index (χ0) is 11.4. The lowest BCUT2D eigenvalue weighted by Crippen LogP contribution is -2.14. The van der Waals surface area contributed by atoms with E-state index in [2.05, 4.69) is 26.0 Å². The van der Waals surface area contributed by atoms with Crippen LogP contribution in [0.3, 0.4) is 0 Å². The fourth-order valence-electron chi connectivity index (χ4n) is 1.52. The topological polar surface area (TPSA) is 29.5 Å². The molecule has 1 N–H and O–H groups in total. The summed E-state index contributed by atoms with van der Waals surface area (Å²) in [5, 5.41) is 8.80. The smallest absolute Gasteiger partial charge is 0.122 e. The Kier molecular flexibility index (Phi) is 4.15. The molecule has 0 aliphatic heterocycles. The fourth-order valence-corrected chi connectivity index (χ4v) is 1.52. The molecule has 0 aromatic heterocycles. The second-order valence-corrected chi connectivity index (χ2v) is 4.14. The van der Waals surface area contributed by atoms with Crippen molar-refractivity contribution in [2.75, 3.05) is 6.61 Å². The minimum atomic E-state index is 0.0656. The fraction of sp³-hybridized carbons (Fsp3) is 0.538. The van der Waals surface area contributed by atoms with E-state index >= 15 is 0 Å². The van der Waals surface area contributed by atoms with E-state index in [1.54, 1.807) is 0 Å². The summed E-state index contributed by atoms with van der Waals surface area (Å²) < 4.78 is 5.76. The van der Waals surface area contributed by atoms with Gasteiger partial charge in [0, 0.05) is 13.0 Å². The molecule has 0 spiro atoms. The Morgan fingerprint density at radius 1 is 1.13 bits per heavy atom. The third-order valence-electron chi connectivity index (χ3n) is 2.66. The lowest BCUT2D eigenvalue weighted by Gasteiger charge is -2.16. The van der Waals surface area contributed by atoms with Gasteiger partial charge in [0.05, 0.1) is 6.10 Å². The van der Waals surface area contributed by atoms with Crippen molar-refractivity contribution in [2.24, 2.45) is 0 Å². The summed E-state index contributed by atoms with van der Waals surface area (Å²) in [5.74, 6) is 0.930. The lowest BCUT2D eigenvalue weighted by molar-refractivity contribution is 0.168. The Labute approximate surface area is 91.9 Å². The van der Waals surface area contributed by atoms with Crippen LogP contribution in [-0.4, -0.2) is 17.8 Å². The molecule has 0 amide bonds. The Bertz CT molecular complexity index is 332. The molecule has 1 atom stereocenters. The summed E-state index contributed by atoms with van der Waals surface area (Å²) in [6, 6.07) is 4.20. The minimum Gasteiger partial charge on any atom is -0.490 e. The Morgan fingerprint density at radius 2 is 1.73 bits per heavy atom. The van der Waals surface area contributed by atoms with E-state index in [-0.39, 0.29) is 12.7 Å². The predicted molar refractivity (Wildman–Crippen MR) is 62.4 cm³/mol. The van der Waals surface area contributed by atoms with Gasteiger partial charge in [0.2, 0.25) is 0 Å². The van der Waals surface area contributed by atoms with Gasteiger partial charge >= 0.3 is 0 Å². The van der Waals surface area contributed by atoms with E-state index in [4.69, 9.17) is 9.84 Å². The Balaban J connectivity index is 2.81. The maximum Gasteiger partial charge on any atom is 0.122 e. The molecule has 2 nitrogen and oxygen atoms in total. The summed E-state index contributed by atoms with van der Waals surface area (Å²) in [4.78, 5) is 0. The van der Waals surface area contributed by atoms with Crippen molar-refractivity contribution >= 4 is 0 Å². The van der Waals surface area contributed by atoms with E-state index in [1.807, 2.05) is 13.8 Å². The Hall–Kier alpha value is -1.02. The average molecular weight is 208 g/mol. The van der Waals surface area contributed by atoms with Gasteiger partial charge in [-0.3, -0.25) is 0 Å². The van der Waals surface area contributed by atoms with Gasteiger partial charge < -0.3 is 9.84 Å². The van der Waals surface area contributed by atoms with Gasteiger partial charge in [0.15, 0.2) is 0 Å². The highest BCUT2D eigenvalue weighted by Crippen LogP contribution is 2.23. The molecule has 1 aromatic carbocycles. The van der Waals surface area contributed by atoms with Crippen molar-refractivity contribution in [3.8, 4) is 5.75 Å². The zero-order valence-electron chi connectivity index (χ0n) is 10.0. The monoisotopic (exact) mass is 208 g/mol. The molecule has 0 heterocycles. The van der Waals surface area contributed by atoms with Crippen LogP contribution >= 0.6 is 0 Å². The highest BCUT2D eigenvalue weighted by Gasteiger charge is 2.07. The maximum absolute atomic E-state index is 8.80. The summed E-state index contributed by atoms with van der Waals surface area (Å²) >= 11 is 0. The average Bonchev–Trinajstić information content (AvgIpc) is 2.14. The molecule has 2 heteroatoms. The minimum absolute atomic E-state index is 0.0656. The summed E-state index contributed by atoms with van der Waals surface area (Å²) in [7, 11) is 0. The van der Waals surface area contributed by atoms with Crippen LogP contribution in [0, 0.1) is 20.8 Å². The molecular formula is C13H20O2. The highest BCUT2D eigenvalue weighted by atomic mass is 16.5. The molecule has 0 bridgehead atoms. The van der Waals surface area contributed by atoms with Gasteiger partial charge in [-0.2, -0.15) is 0 Å². The van der Waals surface area contributed by atoms with Gasteiger partial charge in [-0.25, -0.2) is 0 Å². The van der Waals surface area contributed by atoms with Crippen LogP contribution in [-0.2, 0) is 0 Å². The van der Waals surface area contributed by atoms with E-state index in [0.29, 0.717) is 6.42 Å². The van der Waals surface area contributed by atoms with Gasteiger partial charge in [-0.05, 0) is 50.5 Å². The molecule has 0 aliphatic carbocycles. The van der Waals surface area contributed by atoms with Crippen molar-refractivity contribution in [3.63, 3.8) is 0 Å². The number of aryl methyl sites for hydroxylation is 3. The van der Waals surface area contributed by atoms with Gasteiger partial charge in [0.1, 0.15) is 5.75 Å². The van der Waals surface area contributed by atoms with Gasteiger partial charge in [-0.1, -0.05) is 6.07 Å². The normalized spacial score (nSPS) is 12.6. The maximum atomic E-state index is 8.80. The lowest BCUT2D eigenvalue weighted by atomic mass is 10.1. The highest BCUT2D eigenvalue weighted by molar-refractivity contribution is 5.40. The molecular weight excluding hydrogens is 188 g/mol. The number of rotatable bonds is 4. The second kappa shape index (κ2) is 5.17. The predicted octanol–water partition coefficient (Wildman–Crippen LogP) is 2.76. The summed E-state index contributed by atoms with van der Waals surface area (Å²) in [6.07, 6.45) is 0.739. The first-order valence-corrected chi connectivity index (χ1v) is 5.40. The Morgan fingerprint density at radius 3 is 2.33 bits per heavy atom. The summed E-state index contributed by atoms with van der Waals surface area (Å²) in [5.41, 5.74) is 3.68. The van der Waals surface area contributed by atoms with Crippen molar-refractivity contribution in [1.29, 1.82) is 0 Å². The zero-order valence-corrected chi connectivity index (χ0v) is 10.0. The molecule has 0 saturated carbocycles. The summed E-state index contributed by atoms with van der Waals surface area (Å²) in [6.45, 7) is 8.38. The number of benzene rings is 1. The third kappa shape index (κ3) is 3.24. The molecule has 1 rings (SSSR count). The largest absolute Gasteiger partial charge is 0.490 e. The first-order chi connectivity index (χ1) is 7.04. The molecule has 0 radical (unpaired) electrons. The van der Waals surface area contributed by atoms with Crippen LogP contribution in [0.1, 0.15) is 30.0 Å². The van der Waals surface area contributed by atoms with Crippen molar-refractivity contribution < 1.29 is 9.84 Å². The molecule has 15 heavy (non-hydrogen) atoms. The first-order valence-electron chi connectivity index (χ1n) is 5.40. The number of hydrogen-bond donors (Lipinski definition) is 1. The molecule has 84 valence electrons. The molecule has 1 aromatic rings. The van der Waals surface area contributed by atoms with Crippen molar-refractivity contribution in [2.45, 2.75) is 40.2 Å². The van der Waals surface area contributed by atoms with E-state index in [0.717, 1.165) is 11.3 Å². The number of ether oxygens (including phenoxy) is 1. The quantitative estimate of drug-likeness (QED) is 0.824. The number of aliphatic hydroxyl groups excluding tert-OH is 1. The number of hydrogen-bond acceptors (Lipinski definition) is 2. The van der Waals surface area contributed by atoms with Crippen molar-refractivity contribution in [1.82, 2.24) is 0 Å². The first kappa shape index (κ1) is 12.1. The van der Waals surface area contributed by atoms with Crippen molar-refractivity contribution in [3.05, 3.63) is 28.8 Å². The standard InChI is InChI=1S/C13H20O2/c1-9-7-11(3)13(8-10(9)2)15-12(4)5-6-14/h7-8,12,14H,5-6H2,1-4H3. The molecule has 0 fully saturated rings. The van der Waals surface area contributed by atoms with Crippen LogP contribution < -0.4 is 4.74 Å². The third-order valence-corrected chi connectivity index (χ3v) is 2.66. The van der Waals surface area contributed by atoms with Crippen LogP contribution in [0.2, 0.25) is 0 Å². The van der Waals surface area contributed by atoms with E-state index < -0.39 is 0 Å². The van der Waals surface area contributed by atoms with Crippen LogP contribution in [0.4, 0.5) is 0 Å². The molecule has 1 unspecified atom stereocenters.